The molecule has 14 heteroatoms. The Bertz CT molecular complexity index is 1640. The van der Waals surface area contributed by atoms with Crippen molar-refractivity contribution in [2.75, 3.05) is 41.0 Å². The van der Waals surface area contributed by atoms with Gasteiger partial charge >= 0.3 is 0 Å². The normalized spacial score (nSPS) is 16.6. The zero-order chi connectivity index (χ0) is 34.6. The van der Waals surface area contributed by atoms with Crippen molar-refractivity contribution in [3.63, 3.8) is 0 Å². The average Bonchev–Trinajstić information content (AvgIpc) is 3.10. The van der Waals surface area contributed by atoms with Gasteiger partial charge in [0.2, 0.25) is 23.6 Å². The first-order valence-electron chi connectivity index (χ1n) is 15.5. The summed E-state index contributed by atoms with van der Waals surface area (Å²) in [6.45, 7) is 2.44. The molecule has 3 N–H and O–H groups in total. The molecule has 4 bridgehead atoms. The summed E-state index contributed by atoms with van der Waals surface area (Å²) in [5, 5.41) is 8.31. The zero-order valence-corrected chi connectivity index (χ0v) is 27.4. The fraction of sp³-hybridized carbons (Fsp3) is 0.382. The number of pyridine rings is 1. The van der Waals surface area contributed by atoms with Crippen LogP contribution in [0.25, 0.3) is 0 Å². The number of aromatic nitrogens is 1. The molecule has 1 aromatic heterocycles. The van der Waals surface area contributed by atoms with E-state index in [9.17, 15) is 19.2 Å². The average molecular weight is 666 g/mol. The van der Waals surface area contributed by atoms with Crippen LogP contribution in [0.2, 0.25) is 0 Å². The molecule has 3 aromatic rings. The maximum absolute atomic E-state index is 15.1. The van der Waals surface area contributed by atoms with Crippen molar-refractivity contribution in [2.45, 2.75) is 45.2 Å². The topological polar surface area (TPSA) is 157 Å². The summed E-state index contributed by atoms with van der Waals surface area (Å²) in [5.41, 5.74) is 0.937. The molecule has 5 rings (SSSR count). The van der Waals surface area contributed by atoms with Crippen LogP contribution in [0.3, 0.4) is 0 Å². The molecule has 2 aliphatic rings. The third kappa shape index (κ3) is 9.11. The number of hydrogen-bond acceptors (Lipinski definition) is 9. The number of fused-ring (bicyclic) bond motifs is 16. The van der Waals surface area contributed by atoms with Gasteiger partial charge in [0.05, 0.1) is 21.3 Å². The lowest BCUT2D eigenvalue weighted by Gasteiger charge is -2.24. The molecule has 2 aromatic carbocycles. The van der Waals surface area contributed by atoms with Crippen molar-refractivity contribution >= 4 is 23.6 Å². The Morgan fingerprint density at radius 1 is 0.958 bits per heavy atom. The molecule has 13 nitrogen and oxygen atoms in total. The van der Waals surface area contributed by atoms with Crippen molar-refractivity contribution in [2.24, 2.45) is 0 Å². The van der Waals surface area contributed by atoms with Crippen LogP contribution in [0.4, 0.5) is 4.39 Å². The van der Waals surface area contributed by atoms with Crippen LogP contribution in [-0.4, -0.2) is 80.5 Å². The number of ether oxygens (including phenoxy) is 4. The highest BCUT2D eigenvalue weighted by Crippen LogP contribution is 2.34. The molecule has 0 saturated heterocycles. The standard InChI is InChI=1S/C34H40FN5O8/c1-5-25-32(43)37-20-21-9-12-26(24(35)18-21)48-28-19-22(10-13-27(28)45-2)31(42)36-15-7-17-40(16-6-8-29(41)38-25)34(44)23-11-14-30(46-3)39-33(23)47-4/h9-14,18-19,25H,5-8,15-17,20H2,1-4H3,(H,36,42)(H,37,43)(H,38,41)/t25-/m0/s1. The number of amides is 4. The lowest BCUT2D eigenvalue weighted by atomic mass is 10.1. The number of nitrogens with zero attached hydrogens (tertiary/aromatic N) is 2. The van der Waals surface area contributed by atoms with Gasteiger partial charge in [-0.15, -0.1) is 0 Å². The number of halogens is 1. The Balaban J connectivity index is 1.59. The fourth-order valence-corrected chi connectivity index (χ4v) is 5.03. The Kier molecular flexibility index (Phi) is 12.5. The molecular weight excluding hydrogens is 625 g/mol. The quantitative estimate of drug-likeness (QED) is 0.371. The van der Waals surface area contributed by atoms with Gasteiger partial charge in [-0.25, -0.2) is 4.39 Å². The molecule has 2 aliphatic heterocycles. The largest absolute Gasteiger partial charge is 0.493 e. The second-order valence-corrected chi connectivity index (χ2v) is 10.9. The maximum atomic E-state index is 15.1. The second kappa shape index (κ2) is 17.0. The molecule has 1 atom stereocenters. The van der Waals surface area contributed by atoms with Gasteiger partial charge < -0.3 is 39.8 Å². The van der Waals surface area contributed by atoms with Crippen molar-refractivity contribution < 1.29 is 42.5 Å². The molecule has 0 spiro atoms. The maximum Gasteiger partial charge on any atom is 0.259 e. The number of methoxy groups -OCH3 is 3. The van der Waals surface area contributed by atoms with Gasteiger partial charge in [-0.2, -0.15) is 4.98 Å². The van der Waals surface area contributed by atoms with Gasteiger partial charge in [-0.05, 0) is 61.2 Å². The van der Waals surface area contributed by atoms with Crippen molar-refractivity contribution in [1.82, 2.24) is 25.8 Å². The molecule has 4 amide bonds. The molecular formula is C34H40FN5O8. The molecule has 48 heavy (non-hydrogen) atoms. The lowest BCUT2D eigenvalue weighted by Crippen LogP contribution is -2.46. The van der Waals surface area contributed by atoms with Gasteiger partial charge in [-0.1, -0.05) is 13.0 Å². The summed E-state index contributed by atoms with van der Waals surface area (Å²) < 4.78 is 36.7. The molecule has 256 valence electrons. The number of hydrogen-bond donors (Lipinski definition) is 3. The highest BCUT2D eigenvalue weighted by atomic mass is 19.1. The Labute approximate surface area is 278 Å². The number of benzene rings is 2. The van der Waals surface area contributed by atoms with Crippen molar-refractivity contribution in [3.8, 4) is 29.0 Å². The summed E-state index contributed by atoms with van der Waals surface area (Å²) in [7, 11) is 4.28. The highest BCUT2D eigenvalue weighted by Gasteiger charge is 2.23. The Morgan fingerprint density at radius 2 is 1.75 bits per heavy atom. The fourth-order valence-electron chi connectivity index (χ4n) is 5.03. The van der Waals surface area contributed by atoms with E-state index in [-0.39, 0.29) is 84.5 Å². The third-order valence-corrected chi connectivity index (χ3v) is 7.65. The minimum Gasteiger partial charge on any atom is -0.493 e. The van der Waals surface area contributed by atoms with Crippen LogP contribution in [0.15, 0.2) is 48.5 Å². The van der Waals surface area contributed by atoms with Crippen LogP contribution in [0.5, 0.6) is 29.0 Å². The molecule has 0 saturated carbocycles. The SMILES string of the molecule is CC[C@@H]1NC(=O)CCCN(C(=O)c2ccc(OC)nc2OC)CCCNC(=O)c2ccc(OC)c(c2)Oc2ccc(cc2F)CNC1=O. The summed E-state index contributed by atoms with van der Waals surface area (Å²) in [4.78, 5) is 58.2. The summed E-state index contributed by atoms with van der Waals surface area (Å²) in [5.74, 6) is -1.56. The first kappa shape index (κ1) is 35.5. The van der Waals surface area contributed by atoms with E-state index in [4.69, 9.17) is 18.9 Å². The van der Waals surface area contributed by atoms with E-state index in [2.05, 4.69) is 20.9 Å². The molecule has 0 radical (unpaired) electrons. The second-order valence-electron chi connectivity index (χ2n) is 10.9. The number of rotatable bonds is 5. The molecule has 3 heterocycles. The molecule has 0 aliphatic carbocycles. The highest BCUT2D eigenvalue weighted by molar-refractivity contribution is 5.97. The zero-order valence-electron chi connectivity index (χ0n) is 27.4. The summed E-state index contributed by atoms with van der Waals surface area (Å²) in [6, 6.07) is 11.1. The monoisotopic (exact) mass is 665 g/mol. The summed E-state index contributed by atoms with van der Waals surface area (Å²) in [6.07, 6.45) is 1.06. The van der Waals surface area contributed by atoms with E-state index in [1.54, 1.807) is 42.2 Å². The van der Waals surface area contributed by atoms with E-state index in [1.807, 2.05) is 0 Å². The van der Waals surface area contributed by atoms with Gasteiger partial charge in [0.25, 0.3) is 11.8 Å². The predicted octanol–water partition coefficient (Wildman–Crippen LogP) is 3.61. The number of nitrogens with one attached hydrogen (secondary N) is 3. The Hall–Kier alpha value is -5.40. The van der Waals surface area contributed by atoms with Crippen LogP contribution < -0.4 is 34.9 Å². The predicted molar refractivity (Wildman–Crippen MR) is 173 cm³/mol. The van der Waals surface area contributed by atoms with Crippen LogP contribution in [0.1, 0.15) is 58.9 Å². The van der Waals surface area contributed by atoms with E-state index < -0.39 is 23.7 Å². The Morgan fingerprint density at radius 3 is 2.46 bits per heavy atom. The van der Waals surface area contributed by atoms with E-state index in [0.717, 1.165) is 0 Å². The summed E-state index contributed by atoms with van der Waals surface area (Å²) >= 11 is 0. The molecule has 0 fully saturated rings. The number of carbonyl (C=O) groups excluding carboxylic acids is 4. The van der Waals surface area contributed by atoms with Gasteiger partial charge in [0.15, 0.2) is 23.1 Å². The van der Waals surface area contributed by atoms with Gasteiger partial charge in [0, 0.05) is 44.2 Å². The van der Waals surface area contributed by atoms with Crippen molar-refractivity contribution in [3.05, 3.63) is 71.0 Å². The third-order valence-electron chi connectivity index (χ3n) is 7.65. The van der Waals surface area contributed by atoms with Gasteiger partial charge in [0.1, 0.15) is 11.6 Å². The van der Waals surface area contributed by atoms with E-state index >= 15 is 4.39 Å². The van der Waals surface area contributed by atoms with Crippen LogP contribution in [-0.2, 0) is 16.1 Å². The minimum atomic E-state index is -0.803. The number of carbonyl (C=O) groups is 4. The first-order valence-corrected chi connectivity index (χ1v) is 15.5. The smallest absolute Gasteiger partial charge is 0.259 e. The first-order chi connectivity index (χ1) is 23.2. The lowest BCUT2D eigenvalue weighted by molar-refractivity contribution is -0.129. The van der Waals surface area contributed by atoms with Crippen LogP contribution in [0, 0.1) is 5.82 Å². The molecule has 0 unspecified atom stereocenters. The minimum absolute atomic E-state index is 0.0160. The van der Waals surface area contributed by atoms with E-state index in [0.29, 0.717) is 24.8 Å². The van der Waals surface area contributed by atoms with Crippen molar-refractivity contribution in [1.29, 1.82) is 0 Å². The van der Waals surface area contributed by atoms with Crippen LogP contribution >= 0.6 is 0 Å². The van der Waals surface area contributed by atoms with Gasteiger partial charge in [-0.3, -0.25) is 19.2 Å². The van der Waals surface area contributed by atoms with E-state index in [1.165, 1.54) is 39.5 Å².